The van der Waals surface area contributed by atoms with Crippen LogP contribution in [0, 0.1) is 5.82 Å². The number of nitrogens with zero attached hydrogens (tertiary/aromatic N) is 2. The van der Waals surface area contributed by atoms with Gasteiger partial charge in [-0.2, -0.15) is 5.10 Å². The topological polar surface area (TPSA) is 56.1 Å². The minimum absolute atomic E-state index is 0.153. The summed E-state index contributed by atoms with van der Waals surface area (Å²) in [4.78, 5) is 12.8. The number of para-hydroxylation sites is 1. The number of hydrogen-bond acceptors (Lipinski definition) is 3. The van der Waals surface area contributed by atoms with Crippen molar-refractivity contribution >= 4 is 11.7 Å². The molecule has 1 heterocycles. The third-order valence-electron chi connectivity index (χ3n) is 4.55. The van der Waals surface area contributed by atoms with Crippen LogP contribution in [0.25, 0.3) is 5.69 Å². The van der Waals surface area contributed by atoms with Gasteiger partial charge in [-0.1, -0.05) is 18.2 Å². The predicted octanol–water partition coefficient (Wildman–Crippen LogP) is 3.76. The zero-order chi connectivity index (χ0) is 18.1. The summed E-state index contributed by atoms with van der Waals surface area (Å²) in [6.45, 7) is 0. The van der Waals surface area contributed by atoms with E-state index >= 15 is 0 Å². The Morgan fingerprint density at radius 3 is 2.77 bits per heavy atom. The molecule has 1 aliphatic carbocycles. The maximum Gasteiger partial charge on any atom is 0.260 e. The number of aryl methyl sites for hydroxylation is 1. The van der Waals surface area contributed by atoms with Gasteiger partial charge in [0.2, 0.25) is 0 Å². The fourth-order valence-electron chi connectivity index (χ4n) is 3.31. The third kappa shape index (κ3) is 2.83. The summed E-state index contributed by atoms with van der Waals surface area (Å²) in [6, 6.07) is 13.5. The summed E-state index contributed by atoms with van der Waals surface area (Å²) in [5, 5.41) is 7.59. The standard InChI is InChI=1S/C20H18FN3O2/c1-26-18-11-10-13(21)12-16(18)20(25)22-19-15-8-5-9-17(15)23-24(19)14-6-3-2-4-7-14/h2-4,6-7,10-12H,5,8-9H2,1H3,(H,22,25). The van der Waals surface area contributed by atoms with Crippen molar-refractivity contribution < 1.29 is 13.9 Å². The van der Waals surface area contributed by atoms with E-state index in [1.54, 1.807) is 4.68 Å². The summed E-state index contributed by atoms with van der Waals surface area (Å²) >= 11 is 0. The van der Waals surface area contributed by atoms with Crippen LogP contribution in [0.15, 0.2) is 48.5 Å². The Morgan fingerprint density at radius 2 is 2.00 bits per heavy atom. The number of fused-ring (bicyclic) bond motifs is 1. The van der Waals surface area contributed by atoms with Crippen LogP contribution < -0.4 is 10.1 Å². The maximum absolute atomic E-state index is 13.6. The lowest BCUT2D eigenvalue weighted by atomic mass is 10.1. The molecular weight excluding hydrogens is 333 g/mol. The number of amides is 1. The largest absolute Gasteiger partial charge is 0.496 e. The zero-order valence-electron chi connectivity index (χ0n) is 14.3. The fraction of sp³-hybridized carbons (Fsp3) is 0.200. The van der Waals surface area contributed by atoms with Gasteiger partial charge in [0, 0.05) is 5.56 Å². The van der Waals surface area contributed by atoms with E-state index in [9.17, 15) is 9.18 Å². The summed E-state index contributed by atoms with van der Waals surface area (Å²) in [6.07, 6.45) is 2.76. The summed E-state index contributed by atoms with van der Waals surface area (Å²) < 4.78 is 20.6. The molecule has 0 saturated heterocycles. The van der Waals surface area contributed by atoms with Crippen LogP contribution in [-0.2, 0) is 12.8 Å². The van der Waals surface area contributed by atoms with E-state index in [2.05, 4.69) is 10.4 Å². The Hall–Kier alpha value is -3.15. The lowest BCUT2D eigenvalue weighted by molar-refractivity contribution is 0.102. The molecule has 3 aromatic rings. The van der Waals surface area contributed by atoms with E-state index in [0.717, 1.165) is 36.2 Å². The molecule has 1 N–H and O–H groups in total. The van der Waals surface area contributed by atoms with Crippen LogP contribution in [0.5, 0.6) is 5.75 Å². The minimum Gasteiger partial charge on any atom is -0.496 e. The van der Waals surface area contributed by atoms with Gasteiger partial charge in [-0.15, -0.1) is 0 Å². The fourth-order valence-corrected chi connectivity index (χ4v) is 3.31. The zero-order valence-corrected chi connectivity index (χ0v) is 14.3. The Labute approximate surface area is 150 Å². The average Bonchev–Trinajstić information content (AvgIpc) is 3.25. The Morgan fingerprint density at radius 1 is 1.19 bits per heavy atom. The van der Waals surface area contributed by atoms with Crippen molar-refractivity contribution in [2.45, 2.75) is 19.3 Å². The first-order valence-corrected chi connectivity index (χ1v) is 8.48. The molecule has 0 radical (unpaired) electrons. The summed E-state index contributed by atoms with van der Waals surface area (Å²) in [5.41, 5.74) is 3.05. The van der Waals surface area contributed by atoms with Gasteiger partial charge >= 0.3 is 0 Å². The molecule has 6 heteroatoms. The van der Waals surface area contributed by atoms with Crippen molar-refractivity contribution in [1.29, 1.82) is 0 Å². The van der Waals surface area contributed by atoms with Crippen LogP contribution in [0.1, 0.15) is 28.0 Å². The van der Waals surface area contributed by atoms with Gasteiger partial charge < -0.3 is 10.1 Å². The summed E-state index contributed by atoms with van der Waals surface area (Å²) in [7, 11) is 1.45. The normalized spacial score (nSPS) is 12.7. The second-order valence-electron chi connectivity index (χ2n) is 6.17. The van der Waals surface area contributed by atoms with Gasteiger partial charge in [-0.3, -0.25) is 4.79 Å². The molecule has 1 aliphatic rings. The highest BCUT2D eigenvalue weighted by Crippen LogP contribution is 2.32. The molecule has 26 heavy (non-hydrogen) atoms. The van der Waals surface area contributed by atoms with Crippen molar-refractivity contribution in [2.24, 2.45) is 0 Å². The third-order valence-corrected chi connectivity index (χ3v) is 4.55. The number of carbonyl (C=O) groups excluding carboxylic acids is 1. The first-order valence-electron chi connectivity index (χ1n) is 8.48. The number of ether oxygens (including phenoxy) is 1. The van der Waals surface area contributed by atoms with E-state index in [4.69, 9.17) is 4.74 Å². The van der Waals surface area contributed by atoms with Crippen LogP contribution in [0.2, 0.25) is 0 Å². The molecule has 132 valence electrons. The number of halogens is 1. The van der Waals surface area contributed by atoms with Gasteiger partial charge in [0.1, 0.15) is 17.4 Å². The number of aromatic nitrogens is 2. The number of nitrogens with one attached hydrogen (secondary N) is 1. The molecule has 1 amide bonds. The Kier molecular flexibility index (Phi) is 4.16. The van der Waals surface area contributed by atoms with E-state index < -0.39 is 11.7 Å². The van der Waals surface area contributed by atoms with Gasteiger partial charge in [-0.05, 0) is 49.6 Å². The highest BCUT2D eigenvalue weighted by atomic mass is 19.1. The van der Waals surface area contributed by atoms with Crippen molar-refractivity contribution in [2.75, 3.05) is 12.4 Å². The van der Waals surface area contributed by atoms with Crippen LogP contribution in [0.3, 0.4) is 0 Å². The molecule has 0 fully saturated rings. The van der Waals surface area contributed by atoms with E-state index in [1.807, 2.05) is 30.3 Å². The number of carbonyl (C=O) groups is 1. The number of hydrogen-bond donors (Lipinski definition) is 1. The Balaban J connectivity index is 1.75. The first kappa shape index (κ1) is 16.3. The molecule has 0 bridgehead atoms. The Bertz CT molecular complexity index is 967. The molecule has 1 aromatic heterocycles. The molecular formula is C20H18FN3O2. The average molecular weight is 351 g/mol. The molecule has 0 atom stereocenters. The number of benzene rings is 2. The quantitative estimate of drug-likeness (QED) is 0.779. The van der Waals surface area contributed by atoms with E-state index in [0.29, 0.717) is 11.6 Å². The van der Waals surface area contributed by atoms with E-state index in [1.165, 1.54) is 25.3 Å². The molecule has 0 aliphatic heterocycles. The van der Waals surface area contributed by atoms with Gasteiger partial charge in [0.05, 0.1) is 24.1 Å². The highest BCUT2D eigenvalue weighted by Gasteiger charge is 2.25. The van der Waals surface area contributed by atoms with Gasteiger partial charge in [-0.25, -0.2) is 9.07 Å². The monoisotopic (exact) mass is 351 g/mol. The van der Waals surface area contributed by atoms with Crippen molar-refractivity contribution in [1.82, 2.24) is 9.78 Å². The molecule has 0 spiro atoms. The van der Waals surface area contributed by atoms with Gasteiger partial charge in [0.25, 0.3) is 5.91 Å². The first-order chi connectivity index (χ1) is 12.7. The van der Waals surface area contributed by atoms with Crippen LogP contribution in [0.4, 0.5) is 10.2 Å². The number of anilines is 1. The predicted molar refractivity (Wildman–Crippen MR) is 96.5 cm³/mol. The molecule has 2 aromatic carbocycles. The lowest BCUT2D eigenvalue weighted by Gasteiger charge is -2.13. The highest BCUT2D eigenvalue weighted by molar-refractivity contribution is 6.06. The maximum atomic E-state index is 13.6. The molecule has 5 nitrogen and oxygen atoms in total. The van der Waals surface area contributed by atoms with Crippen molar-refractivity contribution in [3.05, 3.63) is 71.2 Å². The SMILES string of the molecule is COc1ccc(F)cc1C(=O)Nc1c2c(nn1-c1ccccc1)CCC2. The minimum atomic E-state index is -0.488. The van der Waals surface area contributed by atoms with Crippen LogP contribution in [-0.4, -0.2) is 22.8 Å². The summed E-state index contributed by atoms with van der Waals surface area (Å²) in [5.74, 6) is 0.0530. The molecule has 0 saturated carbocycles. The van der Waals surface area contributed by atoms with Crippen molar-refractivity contribution in [3.63, 3.8) is 0 Å². The number of rotatable bonds is 4. The molecule has 4 rings (SSSR count). The smallest absolute Gasteiger partial charge is 0.260 e. The molecule has 0 unspecified atom stereocenters. The van der Waals surface area contributed by atoms with Crippen molar-refractivity contribution in [3.8, 4) is 11.4 Å². The van der Waals surface area contributed by atoms with Crippen LogP contribution >= 0.6 is 0 Å². The lowest BCUT2D eigenvalue weighted by Crippen LogP contribution is -2.17. The number of methoxy groups -OCH3 is 1. The van der Waals surface area contributed by atoms with Gasteiger partial charge in [0.15, 0.2) is 0 Å². The van der Waals surface area contributed by atoms with E-state index in [-0.39, 0.29) is 5.56 Å². The second-order valence-corrected chi connectivity index (χ2v) is 6.17. The second kappa shape index (κ2) is 6.63.